The largest absolute Gasteiger partial charge is 0.497 e. The Morgan fingerprint density at radius 3 is 2.57 bits per heavy atom. The number of hydrogen-bond acceptors (Lipinski definition) is 4. The molecule has 0 amide bonds. The average Bonchev–Trinajstić information content (AvgIpc) is 3.20. The highest BCUT2D eigenvalue weighted by molar-refractivity contribution is 6.30. The lowest BCUT2D eigenvalue weighted by Gasteiger charge is -2.38. The van der Waals surface area contributed by atoms with Gasteiger partial charge in [-0.25, -0.2) is 5.01 Å². The molecule has 0 saturated heterocycles. The Labute approximate surface area is 169 Å². The zero-order valence-electron chi connectivity index (χ0n) is 15.4. The third-order valence-corrected chi connectivity index (χ3v) is 5.51. The van der Waals surface area contributed by atoms with Crippen molar-refractivity contribution in [2.75, 3.05) is 7.11 Å². The predicted octanol–water partition coefficient (Wildman–Crippen LogP) is 5.59. The number of rotatable bonds is 3. The van der Waals surface area contributed by atoms with Gasteiger partial charge in [-0.2, -0.15) is 5.10 Å². The van der Waals surface area contributed by atoms with Crippen LogP contribution in [-0.2, 0) is 0 Å². The summed E-state index contributed by atoms with van der Waals surface area (Å²) < 4.78 is 11.8. The molecule has 3 aromatic carbocycles. The van der Waals surface area contributed by atoms with Crippen LogP contribution in [0.5, 0.6) is 11.5 Å². The summed E-state index contributed by atoms with van der Waals surface area (Å²) in [5.41, 5.74) is 4.31. The molecular formula is C23H19ClN2O2. The average molecular weight is 391 g/mol. The summed E-state index contributed by atoms with van der Waals surface area (Å²) in [6, 6.07) is 24.1. The summed E-state index contributed by atoms with van der Waals surface area (Å²) in [7, 11) is 1.68. The van der Waals surface area contributed by atoms with Crippen LogP contribution in [0.25, 0.3) is 0 Å². The Bertz CT molecular complexity index is 1030. The van der Waals surface area contributed by atoms with Crippen LogP contribution < -0.4 is 9.47 Å². The maximum absolute atomic E-state index is 6.38. The number of hydrazone groups is 1. The molecule has 5 rings (SSSR count). The molecule has 0 spiro atoms. The van der Waals surface area contributed by atoms with Gasteiger partial charge in [-0.15, -0.1) is 0 Å². The quantitative estimate of drug-likeness (QED) is 0.584. The Hall–Kier alpha value is -2.98. The maximum Gasteiger partial charge on any atom is 0.213 e. The van der Waals surface area contributed by atoms with Crippen LogP contribution in [0.2, 0.25) is 5.02 Å². The van der Waals surface area contributed by atoms with Crippen molar-refractivity contribution in [1.29, 1.82) is 0 Å². The van der Waals surface area contributed by atoms with E-state index < -0.39 is 0 Å². The van der Waals surface area contributed by atoms with E-state index in [9.17, 15) is 0 Å². The molecule has 140 valence electrons. The van der Waals surface area contributed by atoms with Crippen molar-refractivity contribution in [1.82, 2.24) is 5.01 Å². The Balaban J connectivity index is 1.60. The monoisotopic (exact) mass is 390 g/mol. The highest BCUT2D eigenvalue weighted by atomic mass is 35.5. The molecule has 2 unspecified atom stereocenters. The van der Waals surface area contributed by atoms with Crippen LogP contribution in [0, 0.1) is 0 Å². The van der Waals surface area contributed by atoms with Gasteiger partial charge in [0.25, 0.3) is 0 Å². The first kappa shape index (κ1) is 17.1. The van der Waals surface area contributed by atoms with Crippen LogP contribution in [0.1, 0.15) is 35.4 Å². The van der Waals surface area contributed by atoms with Crippen LogP contribution in [0.3, 0.4) is 0 Å². The van der Waals surface area contributed by atoms with E-state index in [1.165, 1.54) is 0 Å². The first-order valence-corrected chi connectivity index (χ1v) is 9.62. The van der Waals surface area contributed by atoms with Crippen molar-refractivity contribution in [2.45, 2.75) is 18.7 Å². The molecule has 0 N–H and O–H groups in total. The molecule has 2 atom stereocenters. The van der Waals surface area contributed by atoms with Gasteiger partial charge < -0.3 is 9.47 Å². The van der Waals surface area contributed by atoms with Crippen molar-refractivity contribution in [2.24, 2.45) is 5.10 Å². The van der Waals surface area contributed by atoms with Crippen LogP contribution >= 0.6 is 11.6 Å². The van der Waals surface area contributed by atoms with Gasteiger partial charge in [-0.05, 0) is 35.9 Å². The lowest BCUT2D eigenvalue weighted by molar-refractivity contribution is -0.0191. The lowest BCUT2D eigenvalue weighted by Crippen LogP contribution is -2.33. The number of halogens is 1. The van der Waals surface area contributed by atoms with E-state index in [-0.39, 0.29) is 12.3 Å². The third kappa shape index (κ3) is 2.90. The zero-order chi connectivity index (χ0) is 19.1. The minimum Gasteiger partial charge on any atom is -0.497 e. The Kier molecular flexibility index (Phi) is 4.21. The molecule has 28 heavy (non-hydrogen) atoms. The van der Waals surface area contributed by atoms with E-state index >= 15 is 0 Å². The lowest BCUT2D eigenvalue weighted by atomic mass is 9.95. The van der Waals surface area contributed by atoms with Gasteiger partial charge in [0.05, 0.1) is 18.9 Å². The summed E-state index contributed by atoms with van der Waals surface area (Å²) in [4.78, 5) is 0. The number of fused-ring (bicyclic) bond motifs is 3. The summed E-state index contributed by atoms with van der Waals surface area (Å²) >= 11 is 6.08. The van der Waals surface area contributed by atoms with Crippen molar-refractivity contribution < 1.29 is 9.47 Å². The van der Waals surface area contributed by atoms with E-state index in [4.69, 9.17) is 26.2 Å². The number of ether oxygens (including phenoxy) is 2. The molecule has 0 saturated carbocycles. The topological polar surface area (TPSA) is 34.1 Å². The zero-order valence-corrected chi connectivity index (χ0v) is 16.1. The highest BCUT2D eigenvalue weighted by Crippen LogP contribution is 2.48. The SMILES string of the molecule is COc1ccc2c(c1)C1CC(c3ccccc3)=NN1C(c1ccc(Cl)cc1)O2. The third-order valence-electron chi connectivity index (χ3n) is 5.26. The van der Waals surface area contributed by atoms with Crippen LogP contribution in [0.4, 0.5) is 0 Å². The fourth-order valence-electron chi connectivity index (χ4n) is 3.84. The number of methoxy groups -OCH3 is 1. The second-order valence-electron chi connectivity index (χ2n) is 6.94. The second kappa shape index (κ2) is 6.88. The molecule has 3 aromatic rings. The first-order valence-electron chi connectivity index (χ1n) is 9.24. The molecule has 2 aliphatic rings. The van der Waals surface area contributed by atoms with E-state index in [0.717, 1.165) is 40.3 Å². The smallest absolute Gasteiger partial charge is 0.213 e. The molecule has 4 nitrogen and oxygen atoms in total. The molecule has 0 fully saturated rings. The van der Waals surface area contributed by atoms with Crippen molar-refractivity contribution in [3.63, 3.8) is 0 Å². The molecule has 0 bridgehead atoms. The minimum absolute atomic E-state index is 0.0923. The molecule has 0 aromatic heterocycles. The van der Waals surface area contributed by atoms with E-state index in [2.05, 4.69) is 23.2 Å². The van der Waals surface area contributed by atoms with Crippen LogP contribution in [-0.4, -0.2) is 17.8 Å². The number of nitrogens with zero attached hydrogens (tertiary/aromatic N) is 2. The van der Waals surface area contributed by atoms with Crippen molar-refractivity contribution in [3.05, 3.63) is 94.5 Å². The maximum atomic E-state index is 6.38. The Morgan fingerprint density at radius 2 is 1.82 bits per heavy atom. The minimum atomic E-state index is -0.302. The number of hydrogen-bond donors (Lipinski definition) is 0. The van der Waals surface area contributed by atoms with Gasteiger partial charge in [0.1, 0.15) is 11.5 Å². The van der Waals surface area contributed by atoms with Gasteiger partial charge in [0, 0.05) is 22.6 Å². The van der Waals surface area contributed by atoms with E-state index in [0.29, 0.717) is 5.02 Å². The standard InChI is InChI=1S/C23H19ClN2O2/c1-27-18-11-12-22-19(13-18)21-14-20(15-5-3-2-4-6-15)25-26(21)23(28-22)16-7-9-17(24)10-8-16/h2-13,21,23H,14H2,1H3. The van der Waals surface area contributed by atoms with Crippen molar-refractivity contribution >= 4 is 17.3 Å². The van der Waals surface area contributed by atoms with E-state index in [1.54, 1.807) is 7.11 Å². The molecule has 5 heteroatoms. The van der Waals surface area contributed by atoms with Gasteiger partial charge in [0.15, 0.2) is 0 Å². The van der Waals surface area contributed by atoms with Crippen molar-refractivity contribution in [3.8, 4) is 11.5 Å². The summed E-state index contributed by atoms with van der Waals surface area (Å²) in [6.07, 6.45) is 0.516. The summed E-state index contributed by atoms with van der Waals surface area (Å²) in [5.74, 6) is 1.69. The van der Waals surface area contributed by atoms with Crippen LogP contribution in [0.15, 0.2) is 77.9 Å². The second-order valence-corrected chi connectivity index (χ2v) is 7.37. The van der Waals surface area contributed by atoms with Gasteiger partial charge >= 0.3 is 0 Å². The normalized spacial score (nSPS) is 20.1. The summed E-state index contributed by atoms with van der Waals surface area (Å²) in [6.45, 7) is 0. The first-order chi connectivity index (χ1) is 13.7. The summed E-state index contributed by atoms with van der Waals surface area (Å²) in [5, 5.41) is 7.73. The molecular weight excluding hydrogens is 372 g/mol. The fraction of sp³-hybridized carbons (Fsp3) is 0.174. The Morgan fingerprint density at radius 1 is 1.04 bits per heavy atom. The molecule has 0 aliphatic carbocycles. The van der Waals surface area contributed by atoms with Gasteiger partial charge in [-0.1, -0.05) is 54.1 Å². The predicted molar refractivity (Wildman–Crippen MR) is 110 cm³/mol. The molecule has 0 radical (unpaired) electrons. The molecule has 2 heterocycles. The number of benzene rings is 3. The van der Waals surface area contributed by atoms with Gasteiger partial charge in [0.2, 0.25) is 6.23 Å². The fourth-order valence-corrected chi connectivity index (χ4v) is 3.97. The highest BCUT2D eigenvalue weighted by Gasteiger charge is 2.41. The van der Waals surface area contributed by atoms with Gasteiger partial charge in [-0.3, -0.25) is 0 Å². The van der Waals surface area contributed by atoms with E-state index in [1.807, 2.05) is 54.6 Å². The molecule has 2 aliphatic heterocycles.